The van der Waals surface area contributed by atoms with Crippen molar-refractivity contribution in [1.82, 2.24) is 9.78 Å². The second-order valence-corrected chi connectivity index (χ2v) is 5.23. The maximum Gasteiger partial charge on any atom is 0.269 e. The molecule has 0 aliphatic heterocycles. The average molecular weight is 316 g/mol. The number of hydrogen-bond donors (Lipinski definition) is 2. The fraction of sp³-hybridized carbons (Fsp3) is 0.312. The first-order valence-corrected chi connectivity index (χ1v) is 7.36. The Morgan fingerprint density at radius 3 is 2.48 bits per heavy atom. The number of rotatable bonds is 6. The highest BCUT2D eigenvalue weighted by atomic mass is 16.5. The summed E-state index contributed by atoms with van der Waals surface area (Å²) in [5.41, 5.74) is 6.27. The first-order valence-electron chi connectivity index (χ1n) is 7.36. The minimum absolute atomic E-state index is 0.0627. The van der Waals surface area contributed by atoms with Gasteiger partial charge >= 0.3 is 0 Å². The zero-order chi connectivity index (χ0) is 17.0. The number of aromatic nitrogens is 2. The smallest absolute Gasteiger partial charge is 0.269 e. The minimum Gasteiger partial charge on any atom is -0.491 e. The number of primary amides is 1. The van der Waals surface area contributed by atoms with Crippen molar-refractivity contribution in [3.63, 3.8) is 0 Å². The number of nitrogens with one attached hydrogen (secondary N) is 1. The van der Waals surface area contributed by atoms with E-state index in [1.54, 1.807) is 24.3 Å². The van der Waals surface area contributed by atoms with Crippen LogP contribution in [0.3, 0.4) is 0 Å². The Bertz CT molecular complexity index is 705. The van der Waals surface area contributed by atoms with Gasteiger partial charge < -0.3 is 15.8 Å². The number of benzene rings is 1. The van der Waals surface area contributed by atoms with Crippen LogP contribution in [0.5, 0.6) is 5.75 Å². The molecule has 0 unspecified atom stereocenters. The molecule has 7 nitrogen and oxygen atoms in total. The van der Waals surface area contributed by atoms with Crippen molar-refractivity contribution in [2.24, 2.45) is 5.73 Å². The molecule has 1 aromatic heterocycles. The van der Waals surface area contributed by atoms with Crippen LogP contribution in [0.15, 0.2) is 30.5 Å². The van der Waals surface area contributed by atoms with E-state index < -0.39 is 5.91 Å². The number of carbonyl (C=O) groups excluding carboxylic acids is 2. The molecule has 1 heterocycles. The van der Waals surface area contributed by atoms with Crippen molar-refractivity contribution in [2.75, 3.05) is 5.32 Å². The third-order valence-corrected chi connectivity index (χ3v) is 3.11. The van der Waals surface area contributed by atoms with Gasteiger partial charge in [-0.1, -0.05) is 0 Å². The van der Waals surface area contributed by atoms with Gasteiger partial charge in [0.1, 0.15) is 11.4 Å². The number of ether oxygens (including phenoxy) is 1. The minimum atomic E-state index is -0.639. The summed E-state index contributed by atoms with van der Waals surface area (Å²) < 4.78 is 6.97. The van der Waals surface area contributed by atoms with Gasteiger partial charge in [-0.25, -0.2) is 0 Å². The molecule has 2 aromatic rings. The highest BCUT2D eigenvalue weighted by Gasteiger charge is 2.17. The van der Waals surface area contributed by atoms with Crippen LogP contribution in [0.4, 0.5) is 5.69 Å². The van der Waals surface area contributed by atoms with Crippen LogP contribution in [0, 0.1) is 0 Å². The number of carbonyl (C=O) groups is 2. The van der Waals surface area contributed by atoms with Gasteiger partial charge in [-0.3, -0.25) is 14.3 Å². The second kappa shape index (κ2) is 6.95. The van der Waals surface area contributed by atoms with Crippen molar-refractivity contribution in [2.45, 2.75) is 33.4 Å². The van der Waals surface area contributed by atoms with Crippen LogP contribution in [-0.4, -0.2) is 27.7 Å². The standard InChI is InChI=1S/C16H20N4O3/c1-4-20-14(15(17)21)13(9-18-20)19-16(22)11-5-7-12(8-6-11)23-10(2)3/h5-10H,4H2,1-3H3,(H2,17,21)(H,19,22). The molecule has 0 saturated heterocycles. The largest absolute Gasteiger partial charge is 0.491 e. The lowest BCUT2D eigenvalue weighted by Gasteiger charge is -2.10. The maximum absolute atomic E-state index is 12.3. The molecule has 2 amide bonds. The molecule has 0 aliphatic rings. The fourth-order valence-corrected chi connectivity index (χ4v) is 2.13. The Balaban J connectivity index is 2.16. The molecule has 122 valence electrons. The molecular weight excluding hydrogens is 296 g/mol. The van der Waals surface area contributed by atoms with E-state index >= 15 is 0 Å². The van der Waals surface area contributed by atoms with Crippen LogP contribution in [0.25, 0.3) is 0 Å². The van der Waals surface area contributed by atoms with E-state index in [-0.39, 0.29) is 17.7 Å². The highest BCUT2D eigenvalue weighted by Crippen LogP contribution is 2.18. The van der Waals surface area contributed by atoms with Crippen LogP contribution in [0.1, 0.15) is 41.6 Å². The van der Waals surface area contributed by atoms with E-state index in [1.165, 1.54) is 10.9 Å². The van der Waals surface area contributed by atoms with Crippen molar-refractivity contribution >= 4 is 17.5 Å². The predicted octanol–water partition coefficient (Wildman–Crippen LogP) is 2.04. The van der Waals surface area contributed by atoms with Crippen LogP contribution in [-0.2, 0) is 6.54 Å². The second-order valence-electron chi connectivity index (χ2n) is 5.23. The van der Waals surface area contributed by atoms with E-state index in [2.05, 4.69) is 10.4 Å². The van der Waals surface area contributed by atoms with E-state index in [1.807, 2.05) is 20.8 Å². The quantitative estimate of drug-likeness (QED) is 0.851. The first kappa shape index (κ1) is 16.5. The molecular formula is C16H20N4O3. The van der Waals surface area contributed by atoms with Gasteiger partial charge in [0.2, 0.25) is 0 Å². The monoisotopic (exact) mass is 316 g/mol. The molecule has 0 fully saturated rings. The van der Waals surface area contributed by atoms with E-state index in [0.29, 0.717) is 23.5 Å². The highest BCUT2D eigenvalue weighted by molar-refractivity contribution is 6.08. The van der Waals surface area contributed by atoms with Crippen molar-refractivity contribution in [1.29, 1.82) is 0 Å². The molecule has 0 aliphatic carbocycles. The SMILES string of the molecule is CCn1ncc(NC(=O)c2ccc(OC(C)C)cc2)c1C(N)=O. The molecule has 0 radical (unpaired) electrons. The fourth-order valence-electron chi connectivity index (χ4n) is 2.13. The lowest BCUT2D eigenvalue weighted by atomic mass is 10.2. The van der Waals surface area contributed by atoms with Crippen LogP contribution < -0.4 is 15.8 Å². The third-order valence-electron chi connectivity index (χ3n) is 3.11. The number of hydrogen-bond acceptors (Lipinski definition) is 4. The molecule has 0 saturated carbocycles. The summed E-state index contributed by atoms with van der Waals surface area (Å²) in [7, 11) is 0. The lowest BCUT2D eigenvalue weighted by molar-refractivity contribution is 0.0991. The summed E-state index contributed by atoms with van der Waals surface area (Å²) in [6.45, 7) is 6.17. The Kier molecular flexibility index (Phi) is 5.00. The Morgan fingerprint density at radius 2 is 1.96 bits per heavy atom. The summed E-state index contributed by atoms with van der Waals surface area (Å²) >= 11 is 0. The molecule has 3 N–H and O–H groups in total. The predicted molar refractivity (Wildman–Crippen MR) is 86.6 cm³/mol. The average Bonchev–Trinajstić information content (AvgIpc) is 2.90. The van der Waals surface area contributed by atoms with Gasteiger partial charge in [-0.05, 0) is 45.0 Å². The zero-order valence-electron chi connectivity index (χ0n) is 13.4. The Hall–Kier alpha value is -2.83. The third kappa shape index (κ3) is 3.88. The van der Waals surface area contributed by atoms with E-state index in [0.717, 1.165) is 0 Å². The molecule has 0 atom stereocenters. The summed E-state index contributed by atoms with van der Waals surface area (Å²) in [5, 5.41) is 6.69. The van der Waals surface area contributed by atoms with Gasteiger partial charge in [-0.2, -0.15) is 5.10 Å². The van der Waals surface area contributed by atoms with Crippen molar-refractivity contribution in [3.8, 4) is 5.75 Å². The van der Waals surface area contributed by atoms with Gasteiger partial charge in [0.05, 0.1) is 18.0 Å². The number of amides is 2. The van der Waals surface area contributed by atoms with Gasteiger partial charge in [0.15, 0.2) is 0 Å². The topological polar surface area (TPSA) is 99.2 Å². The number of nitrogens with zero attached hydrogens (tertiary/aromatic N) is 2. The normalized spacial score (nSPS) is 10.6. The summed E-state index contributed by atoms with van der Waals surface area (Å²) in [4.78, 5) is 23.8. The van der Waals surface area contributed by atoms with Crippen LogP contribution in [0.2, 0.25) is 0 Å². The molecule has 2 rings (SSSR count). The van der Waals surface area contributed by atoms with Gasteiger partial charge in [-0.15, -0.1) is 0 Å². The Morgan fingerprint density at radius 1 is 1.30 bits per heavy atom. The molecule has 0 bridgehead atoms. The number of anilines is 1. The summed E-state index contributed by atoms with van der Waals surface area (Å²) in [6, 6.07) is 6.75. The summed E-state index contributed by atoms with van der Waals surface area (Å²) in [5.74, 6) is -0.298. The maximum atomic E-state index is 12.3. The van der Waals surface area contributed by atoms with Crippen LogP contribution >= 0.6 is 0 Å². The Labute approximate surface area is 134 Å². The number of aryl methyl sites for hydroxylation is 1. The van der Waals surface area contributed by atoms with Crippen molar-refractivity contribution < 1.29 is 14.3 Å². The van der Waals surface area contributed by atoms with Crippen molar-refractivity contribution in [3.05, 3.63) is 41.7 Å². The number of nitrogens with two attached hydrogens (primary N) is 1. The van der Waals surface area contributed by atoms with Gasteiger partial charge in [0.25, 0.3) is 11.8 Å². The zero-order valence-corrected chi connectivity index (χ0v) is 13.4. The van der Waals surface area contributed by atoms with E-state index in [4.69, 9.17) is 10.5 Å². The first-order chi connectivity index (χ1) is 10.9. The molecule has 0 spiro atoms. The molecule has 7 heteroatoms. The lowest BCUT2D eigenvalue weighted by Crippen LogP contribution is -2.21. The van der Waals surface area contributed by atoms with E-state index in [9.17, 15) is 9.59 Å². The molecule has 1 aromatic carbocycles. The molecule has 23 heavy (non-hydrogen) atoms. The van der Waals surface area contributed by atoms with Gasteiger partial charge in [0, 0.05) is 12.1 Å². The summed E-state index contributed by atoms with van der Waals surface area (Å²) in [6.07, 6.45) is 1.48.